The second-order valence-electron chi connectivity index (χ2n) is 0.274. The molecule has 0 aromatic carbocycles. The van der Waals surface area contributed by atoms with Gasteiger partial charge in [-0.15, -0.1) is 0 Å². The number of nitrogens with zero attached hydrogens (tertiary/aromatic N) is 3. The molecule has 11 heavy (non-hydrogen) atoms. The van der Waals surface area contributed by atoms with Crippen LogP contribution in [0.1, 0.15) is 0 Å². The van der Waals surface area contributed by atoms with Gasteiger partial charge in [0.25, 0.3) is 0 Å². The van der Waals surface area contributed by atoms with Gasteiger partial charge < -0.3 is 15.3 Å². The maximum absolute atomic E-state index is 8.24. The van der Waals surface area contributed by atoms with Crippen LogP contribution in [0.5, 0.6) is 0 Å². The van der Waals surface area contributed by atoms with Crippen LogP contribution in [0.2, 0.25) is 0 Å². The van der Waals surface area contributed by atoms with E-state index in [2.05, 4.69) is 0 Å². The quantitative estimate of drug-likeness (QED) is 0.274. The van der Waals surface area contributed by atoms with Gasteiger partial charge in [-0.1, -0.05) is 0 Å². The number of nitriles is 3. The average Bonchev–Trinajstić information content (AvgIpc) is 1.70. The molecule has 0 amide bonds. The van der Waals surface area contributed by atoms with E-state index in [1.807, 2.05) is 0 Å². The van der Waals surface area contributed by atoms with Crippen molar-refractivity contribution in [2.75, 3.05) is 0 Å². The molecule has 0 aromatic rings. The molecule has 0 aromatic heterocycles. The van der Waals surface area contributed by atoms with Gasteiger partial charge in [-0.3, -0.25) is 0 Å². The largest absolute Gasteiger partial charge is 2.00 e. The molecule has 0 aliphatic rings. The topological polar surface area (TPSA) is 141 Å². The van der Waals surface area contributed by atoms with Crippen molar-refractivity contribution < 1.29 is 51.2 Å². The molecule has 0 aliphatic heterocycles. The summed E-state index contributed by atoms with van der Waals surface area (Å²) in [4.78, 5) is 0. The Morgan fingerprint density at radius 3 is 0.727 bits per heavy atom. The summed E-state index contributed by atoms with van der Waals surface area (Å²) in [5, 5.41) is 45.0. The normalized spacial score (nSPS) is 1.91. The Labute approximate surface area is 85.9 Å². The molecule has 0 aliphatic carbocycles. The van der Waals surface area contributed by atoms with Crippen LogP contribution in [-0.2, 0) is 17.1 Å². The number of rotatable bonds is 0. The minimum Gasteiger partial charge on any atom is -0.812 e. The number of hydrogen-bond donors (Lipinski definition) is 0. The molecule has 0 heterocycles. The summed E-state index contributed by atoms with van der Waals surface area (Å²) in [6.07, 6.45) is 1.50. The molecule has 8 heteroatoms. The van der Waals surface area contributed by atoms with Crippen molar-refractivity contribution in [2.24, 2.45) is 0 Å². The maximum atomic E-state index is 8.24. The van der Waals surface area contributed by atoms with Gasteiger partial charge in [0.2, 0.25) is 0 Å². The Bertz CT molecular complexity index is 117. The van der Waals surface area contributed by atoms with E-state index in [0.29, 0.717) is 18.8 Å². The van der Waals surface area contributed by atoms with Crippen LogP contribution >= 0.6 is 0 Å². The van der Waals surface area contributed by atoms with Gasteiger partial charge in [0.15, 0.2) is 0 Å². The average molecular weight is 189 g/mol. The summed E-state index contributed by atoms with van der Waals surface area (Å²) in [5.74, 6) is 0. The summed E-state index contributed by atoms with van der Waals surface area (Å²) < 4.78 is 0. The molecular formula is C3FeLiN3O3. The van der Waals surface area contributed by atoms with Crippen molar-refractivity contribution in [3.63, 3.8) is 0 Å². The van der Waals surface area contributed by atoms with Crippen LogP contribution in [0, 0.1) is 34.6 Å². The minimum atomic E-state index is 0. The predicted octanol–water partition coefficient (Wildman–Crippen LogP) is -6.52. The zero-order chi connectivity index (χ0) is 8.12. The van der Waals surface area contributed by atoms with Gasteiger partial charge in [-0.2, -0.15) is 0 Å². The molecule has 0 saturated heterocycles. The van der Waals surface area contributed by atoms with Crippen molar-refractivity contribution in [3.8, 4) is 18.8 Å². The molecule has 0 radical (unpaired) electrons. The van der Waals surface area contributed by atoms with Gasteiger partial charge in [0.1, 0.15) is 0 Å². The van der Waals surface area contributed by atoms with Crippen LogP contribution in [0.15, 0.2) is 0 Å². The third kappa shape index (κ3) is 427. The van der Waals surface area contributed by atoms with E-state index in [4.69, 9.17) is 31.1 Å². The van der Waals surface area contributed by atoms with Crippen LogP contribution in [-0.4, -0.2) is 0 Å². The van der Waals surface area contributed by atoms with E-state index in [9.17, 15) is 0 Å². The predicted molar refractivity (Wildman–Crippen MR) is 16.8 cm³/mol. The summed E-state index contributed by atoms with van der Waals surface area (Å²) >= 11 is 0. The van der Waals surface area contributed by atoms with Gasteiger partial charge in [-0.05, 0) is 0 Å². The first-order chi connectivity index (χ1) is 4.24. The van der Waals surface area contributed by atoms with Crippen molar-refractivity contribution in [2.45, 2.75) is 0 Å². The first-order valence-corrected chi connectivity index (χ1v) is 1.28. The second-order valence-corrected chi connectivity index (χ2v) is 0.274. The van der Waals surface area contributed by atoms with Gasteiger partial charge in [0.05, 0.1) is 0 Å². The van der Waals surface area contributed by atoms with E-state index in [1.54, 1.807) is 0 Å². The van der Waals surface area contributed by atoms with Crippen molar-refractivity contribution in [1.82, 2.24) is 0 Å². The van der Waals surface area contributed by atoms with Crippen LogP contribution in [0.25, 0.3) is 0 Å². The summed E-state index contributed by atoms with van der Waals surface area (Å²) in [6, 6.07) is 0. The summed E-state index contributed by atoms with van der Waals surface area (Å²) in [5.41, 5.74) is 0. The fraction of sp³-hybridized carbons (Fsp3) is 0. The smallest absolute Gasteiger partial charge is 0.812 e. The molecule has 0 rings (SSSR count). The zero-order valence-electron chi connectivity index (χ0n) is 5.42. The number of hydrogen-bond acceptors (Lipinski definition) is 6. The fourth-order valence-corrected chi connectivity index (χ4v) is 0. The van der Waals surface area contributed by atoms with Crippen LogP contribution < -0.4 is 34.2 Å². The maximum Gasteiger partial charge on any atom is 2.00 e. The molecule has 6 nitrogen and oxygen atoms in total. The first kappa shape index (κ1) is 32.4. The zero-order valence-corrected chi connectivity index (χ0v) is 6.52. The van der Waals surface area contributed by atoms with Crippen molar-refractivity contribution in [3.05, 3.63) is 0 Å². The first-order valence-electron chi connectivity index (χ1n) is 1.28. The molecular weight excluding hydrogens is 189 g/mol. The Morgan fingerprint density at radius 1 is 0.727 bits per heavy atom. The molecule has 0 unspecified atom stereocenters. The van der Waals surface area contributed by atoms with E-state index in [1.165, 1.54) is 0 Å². The molecule has 54 valence electrons. The summed E-state index contributed by atoms with van der Waals surface area (Å²) in [7, 11) is 0. The van der Waals surface area contributed by atoms with Gasteiger partial charge in [0, 0.05) is 18.8 Å². The van der Waals surface area contributed by atoms with E-state index >= 15 is 0 Å². The van der Waals surface area contributed by atoms with Crippen LogP contribution in [0.4, 0.5) is 0 Å². The third-order valence-electron chi connectivity index (χ3n) is 0. The second kappa shape index (κ2) is 145. The monoisotopic (exact) mass is 189 g/mol. The Morgan fingerprint density at radius 2 is 0.727 bits per heavy atom. The van der Waals surface area contributed by atoms with E-state index in [-0.39, 0.29) is 35.9 Å². The van der Waals surface area contributed by atoms with Gasteiger partial charge >= 0.3 is 35.9 Å². The van der Waals surface area contributed by atoms with Gasteiger partial charge in [-0.25, -0.2) is 15.8 Å². The SMILES string of the molecule is N#C[O-].N#C[O-].N#C[O-].[Fe+2].[Li+]. The van der Waals surface area contributed by atoms with E-state index < -0.39 is 0 Å². The Hall–Kier alpha value is -1.01. The molecule has 0 N–H and O–H groups in total. The van der Waals surface area contributed by atoms with Crippen molar-refractivity contribution >= 4 is 0 Å². The molecule has 0 fully saturated rings. The third-order valence-corrected chi connectivity index (χ3v) is 0. The Balaban J connectivity index is -0.0000000150. The standard InChI is InChI=1S/3CHNO.Fe.Li/c3*2-1-3;;/h3*3H;;/q;;;+2;+1/p-3. The van der Waals surface area contributed by atoms with Crippen LogP contribution in [0.3, 0.4) is 0 Å². The molecule has 0 bridgehead atoms. The minimum absolute atomic E-state index is 0. The molecule has 0 saturated carbocycles. The summed E-state index contributed by atoms with van der Waals surface area (Å²) in [6.45, 7) is 0. The molecule has 0 atom stereocenters. The Kier molecular flexibility index (Phi) is 428. The van der Waals surface area contributed by atoms with Crippen molar-refractivity contribution in [1.29, 1.82) is 15.8 Å². The fourth-order valence-electron chi connectivity index (χ4n) is 0. The van der Waals surface area contributed by atoms with E-state index in [0.717, 1.165) is 0 Å². The molecule has 0 spiro atoms.